The van der Waals surface area contributed by atoms with Crippen molar-refractivity contribution in [1.82, 2.24) is 15.2 Å². The Kier molecular flexibility index (Phi) is 4.85. The van der Waals surface area contributed by atoms with E-state index < -0.39 is 5.97 Å². The Morgan fingerprint density at radius 3 is 2.57 bits per heavy atom. The van der Waals surface area contributed by atoms with Crippen molar-refractivity contribution >= 4 is 23.1 Å². The number of methoxy groups -OCH3 is 1. The minimum absolute atomic E-state index is 0.0204. The molecule has 0 aliphatic heterocycles. The van der Waals surface area contributed by atoms with Crippen molar-refractivity contribution in [2.45, 2.75) is 32.7 Å². The zero-order valence-electron chi connectivity index (χ0n) is 12.5. The summed E-state index contributed by atoms with van der Waals surface area (Å²) in [6, 6.07) is 3.30. The Morgan fingerprint density at radius 1 is 1.29 bits per heavy atom. The average molecular weight is 306 g/mol. The van der Waals surface area contributed by atoms with Crippen LogP contribution < -0.4 is 5.32 Å². The van der Waals surface area contributed by atoms with Gasteiger partial charge in [0.15, 0.2) is 5.69 Å². The van der Waals surface area contributed by atoms with Gasteiger partial charge in [-0.1, -0.05) is 13.8 Å². The second-order valence-corrected chi connectivity index (χ2v) is 5.82. The Balaban J connectivity index is 2.04. The number of anilines is 1. The van der Waals surface area contributed by atoms with Crippen molar-refractivity contribution in [1.29, 1.82) is 0 Å². The third kappa shape index (κ3) is 3.75. The number of rotatable bonds is 5. The van der Waals surface area contributed by atoms with E-state index in [1.54, 1.807) is 23.5 Å². The summed E-state index contributed by atoms with van der Waals surface area (Å²) >= 11 is 1.66. The fourth-order valence-corrected chi connectivity index (χ4v) is 2.61. The van der Waals surface area contributed by atoms with Gasteiger partial charge in [0.1, 0.15) is 5.82 Å². The van der Waals surface area contributed by atoms with Gasteiger partial charge in [-0.2, -0.15) is 0 Å². The van der Waals surface area contributed by atoms with Gasteiger partial charge in [-0.3, -0.25) is 0 Å². The topological polar surface area (TPSA) is 77.0 Å². The molecule has 0 spiro atoms. The number of carbonyl (C=O) groups is 1. The maximum Gasteiger partial charge on any atom is 0.358 e. The molecule has 2 aromatic heterocycles. The van der Waals surface area contributed by atoms with Gasteiger partial charge in [-0.15, -0.1) is 21.5 Å². The predicted molar refractivity (Wildman–Crippen MR) is 81.6 cm³/mol. The minimum Gasteiger partial charge on any atom is -0.464 e. The maximum atomic E-state index is 11.3. The summed E-state index contributed by atoms with van der Waals surface area (Å²) in [6.45, 7) is 6.25. The standard InChI is InChI=1S/C14H18N4O2S/c1-8(2)13-16-11(7-21-13)9(3)15-12-6-5-10(17-18-12)14(19)20-4/h5-9H,1-4H3,(H,15,18)/t9-/m1/s1. The van der Waals surface area contributed by atoms with Gasteiger partial charge in [-0.05, 0) is 19.1 Å². The van der Waals surface area contributed by atoms with Gasteiger partial charge < -0.3 is 10.1 Å². The molecule has 7 heteroatoms. The lowest BCUT2D eigenvalue weighted by molar-refractivity contribution is 0.0593. The van der Waals surface area contributed by atoms with E-state index in [0.717, 1.165) is 10.7 Å². The highest BCUT2D eigenvalue weighted by molar-refractivity contribution is 7.09. The number of nitrogens with one attached hydrogen (secondary N) is 1. The van der Waals surface area contributed by atoms with E-state index in [9.17, 15) is 4.79 Å². The van der Waals surface area contributed by atoms with Gasteiger partial charge in [0.25, 0.3) is 0 Å². The maximum absolute atomic E-state index is 11.3. The lowest BCUT2D eigenvalue weighted by Crippen LogP contribution is -2.11. The fourth-order valence-electron chi connectivity index (χ4n) is 1.68. The molecule has 2 aromatic rings. The Labute approximate surface area is 127 Å². The summed E-state index contributed by atoms with van der Waals surface area (Å²) in [6.07, 6.45) is 0. The Bertz CT molecular complexity index is 610. The summed E-state index contributed by atoms with van der Waals surface area (Å²) in [4.78, 5) is 15.9. The minimum atomic E-state index is -0.497. The van der Waals surface area contributed by atoms with Crippen molar-refractivity contribution in [3.63, 3.8) is 0 Å². The van der Waals surface area contributed by atoms with Crippen molar-refractivity contribution in [3.8, 4) is 0 Å². The third-order valence-electron chi connectivity index (χ3n) is 2.90. The van der Waals surface area contributed by atoms with Gasteiger partial charge in [0, 0.05) is 11.3 Å². The first-order chi connectivity index (χ1) is 10.0. The lowest BCUT2D eigenvalue weighted by Gasteiger charge is -2.11. The van der Waals surface area contributed by atoms with Gasteiger partial charge in [0.05, 0.1) is 23.9 Å². The molecule has 21 heavy (non-hydrogen) atoms. The second kappa shape index (κ2) is 6.62. The molecule has 0 bridgehead atoms. The van der Waals surface area contributed by atoms with Gasteiger partial charge >= 0.3 is 5.97 Å². The number of ether oxygens (including phenoxy) is 1. The molecule has 0 fully saturated rings. The zero-order valence-corrected chi connectivity index (χ0v) is 13.3. The van der Waals surface area contributed by atoms with Gasteiger partial charge in [-0.25, -0.2) is 9.78 Å². The Morgan fingerprint density at radius 2 is 2.05 bits per heavy atom. The van der Waals surface area contributed by atoms with Crippen LogP contribution in [-0.4, -0.2) is 28.3 Å². The van der Waals surface area contributed by atoms with E-state index >= 15 is 0 Å². The molecule has 0 radical (unpaired) electrons. The van der Waals surface area contributed by atoms with Crippen LogP contribution in [0.25, 0.3) is 0 Å². The van der Waals surface area contributed by atoms with E-state index in [-0.39, 0.29) is 11.7 Å². The Hall–Kier alpha value is -2.02. The normalized spacial score (nSPS) is 12.2. The molecule has 2 rings (SSSR count). The molecule has 112 valence electrons. The van der Waals surface area contributed by atoms with E-state index in [1.807, 2.05) is 12.3 Å². The van der Waals surface area contributed by atoms with E-state index in [4.69, 9.17) is 0 Å². The van der Waals surface area contributed by atoms with Crippen LogP contribution in [0.15, 0.2) is 17.5 Å². The molecule has 0 aliphatic carbocycles. The number of esters is 1. The molecule has 0 amide bonds. The summed E-state index contributed by atoms with van der Waals surface area (Å²) in [5.41, 5.74) is 1.16. The molecular weight excluding hydrogens is 288 g/mol. The van der Waals surface area contributed by atoms with Gasteiger partial charge in [0.2, 0.25) is 0 Å². The van der Waals surface area contributed by atoms with Crippen LogP contribution in [0.5, 0.6) is 0 Å². The first kappa shape index (κ1) is 15.4. The van der Waals surface area contributed by atoms with Crippen LogP contribution in [0.4, 0.5) is 5.82 Å². The average Bonchev–Trinajstić information content (AvgIpc) is 2.97. The van der Waals surface area contributed by atoms with Crippen LogP contribution in [0, 0.1) is 0 Å². The summed E-state index contributed by atoms with van der Waals surface area (Å²) in [7, 11) is 1.31. The van der Waals surface area contributed by atoms with Crippen molar-refractivity contribution in [2.24, 2.45) is 0 Å². The van der Waals surface area contributed by atoms with Crippen LogP contribution >= 0.6 is 11.3 Å². The molecule has 1 atom stereocenters. The lowest BCUT2D eigenvalue weighted by atomic mass is 10.2. The number of hydrogen-bond acceptors (Lipinski definition) is 7. The van der Waals surface area contributed by atoms with E-state index in [0.29, 0.717) is 11.7 Å². The number of thiazole rings is 1. The molecule has 0 aliphatic rings. The molecule has 0 saturated carbocycles. The third-order valence-corrected chi connectivity index (χ3v) is 4.06. The van der Waals surface area contributed by atoms with E-state index in [2.05, 4.69) is 39.1 Å². The molecule has 0 aromatic carbocycles. The highest BCUT2D eigenvalue weighted by atomic mass is 32.1. The molecule has 0 unspecified atom stereocenters. The van der Waals surface area contributed by atoms with Crippen molar-refractivity contribution in [2.75, 3.05) is 12.4 Å². The largest absolute Gasteiger partial charge is 0.464 e. The second-order valence-electron chi connectivity index (χ2n) is 4.93. The molecule has 0 saturated heterocycles. The van der Waals surface area contributed by atoms with Crippen LogP contribution in [0.2, 0.25) is 0 Å². The highest BCUT2D eigenvalue weighted by Crippen LogP contribution is 2.24. The molecule has 2 heterocycles. The first-order valence-corrected chi connectivity index (χ1v) is 7.53. The van der Waals surface area contributed by atoms with Crippen LogP contribution in [-0.2, 0) is 4.74 Å². The molecule has 1 N–H and O–H groups in total. The van der Waals surface area contributed by atoms with E-state index in [1.165, 1.54) is 7.11 Å². The van der Waals surface area contributed by atoms with Crippen molar-refractivity contribution in [3.05, 3.63) is 33.9 Å². The van der Waals surface area contributed by atoms with Crippen molar-refractivity contribution < 1.29 is 9.53 Å². The highest BCUT2D eigenvalue weighted by Gasteiger charge is 2.13. The zero-order chi connectivity index (χ0) is 15.4. The van der Waals surface area contributed by atoms with Crippen LogP contribution in [0.3, 0.4) is 0 Å². The first-order valence-electron chi connectivity index (χ1n) is 6.65. The number of carbonyl (C=O) groups excluding carboxylic acids is 1. The number of nitrogens with zero attached hydrogens (tertiary/aromatic N) is 3. The molecule has 6 nitrogen and oxygen atoms in total. The number of aromatic nitrogens is 3. The number of hydrogen-bond donors (Lipinski definition) is 1. The fraction of sp³-hybridized carbons (Fsp3) is 0.429. The smallest absolute Gasteiger partial charge is 0.358 e. The molecular formula is C14H18N4O2S. The monoisotopic (exact) mass is 306 g/mol. The summed E-state index contributed by atoms with van der Waals surface area (Å²) in [5, 5.41) is 14.2. The summed E-state index contributed by atoms with van der Waals surface area (Å²) in [5.74, 6) is 0.521. The summed E-state index contributed by atoms with van der Waals surface area (Å²) < 4.78 is 4.58. The predicted octanol–water partition coefficient (Wildman–Crippen LogP) is 3.02. The van der Waals surface area contributed by atoms with Crippen LogP contribution in [0.1, 0.15) is 53.9 Å². The quantitative estimate of drug-likeness (QED) is 0.856. The SMILES string of the molecule is COC(=O)c1ccc(N[C@H](C)c2csc(C(C)C)n2)nn1.